The molecule has 0 bridgehead atoms. The third-order valence-corrected chi connectivity index (χ3v) is 8.66. The van der Waals surface area contributed by atoms with Crippen LogP contribution in [0, 0.1) is 11.7 Å². The number of aromatic nitrogens is 4. The number of ether oxygens (including phenoxy) is 1. The highest BCUT2D eigenvalue weighted by molar-refractivity contribution is 7.90. The molecule has 12 heteroatoms. The summed E-state index contributed by atoms with van der Waals surface area (Å²) in [6, 6.07) is 4.49. The van der Waals surface area contributed by atoms with Gasteiger partial charge in [0.1, 0.15) is 22.9 Å². The summed E-state index contributed by atoms with van der Waals surface area (Å²) in [4.78, 5) is 15.3. The monoisotopic (exact) mass is 529 g/mol. The Morgan fingerprint density at radius 2 is 1.97 bits per heavy atom. The standard InChI is InChI=1S/C24H24FN5O4S2/c1-36(31,32)16-4-5-17(19(25)11-16)18-12-35-22-21(18)26-13-27-23(22)33-15-6-8-30(9-7-15)24-28-20(29-34-24)10-14-2-3-14/h4-5,11-15H,2-3,6-10H2,1H3. The molecule has 9 nitrogen and oxygen atoms in total. The minimum Gasteiger partial charge on any atom is -0.473 e. The lowest BCUT2D eigenvalue weighted by molar-refractivity contribution is 0.164. The number of nitrogens with zero attached hydrogens (tertiary/aromatic N) is 5. The number of anilines is 1. The zero-order valence-corrected chi connectivity index (χ0v) is 21.2. The molecule has 0 radical (unpaired) electrons. The topological polar surface area (TPSA) is 111 Å². The van der Waals surface area contributed by atoms with Crippen LogP contribution in [0.2, 0.25) is 0 Å². The number of sulfone groups is 1. The maximum Gasteiger partial charge on any atom is 0.324 e. The van der Waals surface area contributed by atoms with Gasteiger partial charge in [0.2, 0.25) is 5.88 Å². The predicted octanol–water partition coefficient (Wildman–Crippen LogP) is 4.28. The lowest BCUT2D eigenvalue weighted by Crippen LogP contribution is -2.38. The summed E-state index contributed by atoms with van der Waals surface area (Å²) in [6.45, 7) is 1.47. The number of benzene rings is 1. The molecule has 0 amide bonds. The van der Waals surface area contributed by atoms with Crippen molar-refractivity contribution in [1.82, 2.24) is 20.1 Å². The van der Waals surface area contributed by atoms with Crippen LogP contribution >= 0.6 is 11.3 Å². The van der Waals surface area contributed by atoms with Gasteiger partial charge in [-0.1, -0.05) is 11.2 Å². The van der Waals surface area contributed by atoms with E-state index in [1.807, 2.05) is 0 Å². The second-order valence-electron chi connectivity index (χ2n) is 9.36. The Kier molecular flexibility index (Phi) is 5.87. The van der Waals surface area contributed by atoms with E-state index in [1.54, 1.807) is 5.38 Å². The Hall–Kier alpha value is -3.12. The van der Waals surface area contributed by atoms with Crippen LogP contribution in [-0.2, 0) is 16.3 Å². The van der Waals surface area contributed by atoms with Gasteiger partial charge in [0.15, 0.2) is 15.7 Å². The Bertz CT molecular complexity index is 1520. The Labute approximate surface area is 211 Å². The highest BCUT2D eigenvalue weighted by atomic mass is 32.2. The molecule has 1 aromatic carbocycles. The predicted molar refractivity (Wildman–Crippen MR) is 133 cm³/mol. The number of fused-ring (bicyclic) bond motifs is 1. The summed E-state index contributed by atoms with van der Waals surface area (Å²) in [7, 11) is -3.50. The normalized spacial score (nSPS) is 17.1. The van der Waals surface area contributed by atoms with Crippen molar-refractivity contribution in [2.75, 3.05) is 24.2 Å². The SMILES string of the molecule is CS(=O)(=O)c1ccc(-c2csc3c(OC4CCN(c5nc(CC6CC6)no5)CC4)ncnc23)c(F)c1. The third-order valence-electron chi connectivity index (χ3n) is 6.60. The molecule has 3 aromatic heterocycles. The van der Waals surface area contributed by atoms with Gasteiger partial charge < -0.3 is 14.2 Å². The van der Waals surface area contributed by atoms with Crippen LogP contribution in [-0.4, -0.2) is 54.0 Å². The fourth-order valence-electron chi connectivity index (χ4n) is 4.41. The Morgan fingerprint density at radius 3 is 2.69 bits per heavy atom. The van der Waals surface area contributed by atoms with Crippen LogP contribution in [0.1, 0.15) is 31.5 Å². The molecule has 2 fully saturated rings. The first-order valence-corrected chi connectivity index (χ1v) is 14.6. The summed E-state index contributed by atoms with van der Waals surface area (Å²) in [5, 5.41) is 5.91. The maximum atomic E-state index is 14.8. The van der Waals surface area contributed by atoms with Crippen LogP contribution < -0.4 is 9.64 Å². The van der Waals surface area contributed by atoms with Crippen molar-refractivity contribution >= 4 is 37.4 Å². The second-order valence-corrected chi connectivity index (χ2v) is 12.3. The number of rotatable bonds is 7. The van der Waals surface area contributed by atoms with Crippen LogP contribution in [0.5, 0.6) is 5.88 Å². The summed E-state index contributed by atoms with van der Waals surface area (Å²) in [6.07, 6.45) is 7.35. The van der Waals surface area contributed by atoms with Crippen molar-refractivity contribution < 1.29 is 22.1 Å². The largest absolute Gasteiger partial charge is 0.473 e. The molecule has 2 aliphatic rings. The van der Waals surface area contributed by atoms with Gasteiger partial charge in [-0.05, 0) is 30.9 Å². The van der Waals surface area contributed by atoms with Crippen molar-refractivity contribution in [2.24, 2.45) is 5.92 Å². The van der Waals surface area contributed by atoms with E-state index < -0.39 is 15.7 Å². The van der Waals surface area contributed by atoms with Crippen molar-refractivity contribution in [3.05, 3.63) is 41.5 Å². The molecule has 0 unspecified atom stereocenters. The van der Waals surface area contributed by atoms with Gasteiger partial charge in [-0.2, -0.15) is 4.98 Å². The van der Waals surface area contributed by atoms with E-state index in [1.165, 1.54) is 42.6 Å². The minimum atomic E-state index is -3.50. The zero-order chi connectivity index (χ0) is 24.9. The number of halogens is 1. The Morgan fingerprint density at radius 1 is 1.17 bits per heavy atom. The molecule has 1 aliphatic heterocycles. The molecule has 1 saturated carbocycles. The number of thiophene rings is 1. The lowest BCUT2D eigenvalue weighted by atomic mass is 10.1. The minimum absolute atomic E-state index is 0.0375. The van der Waals surface area contributed by atoms with Crippen LogP contribution in [0.4, 0.5) is 10.4 Å². The van der Waals surface area contributed by atoms with Crippen molar-refractivity contribution in [3.63, 3.8) is 0 Å². The number of piperidine rings is 1. The van der Waals surface area contributed by atoms with Crippen molar-refractivity contribution in [2.45, 2.75) is 43.1 Å². The summed E-state index contributed by atoms with van der Waals surface area (Å²) in [5.74, 6) is 1.34. The Balaban J connectivity index is 1.16. The average Bonchev–Trinajstić information content (AvgIpc) is 3.36. The second kappa shape index (κ2) is 9.07. The molecular formula is C24H24FN5O4S2. The van der Waals surface area contributed by atoms with Crippen LogP contribution in [0.3, 0.4) is 0 Å². The first kappa shape index (κ1) is 23.3. The molecule has 1 aliphatic carbocycles. The third kappa shape index (κ3) is 4.66. The fraction of sp³-hybridized carbons (Fsp3) is 0.417. The van der Waals surface area contributed by atoms with Gasteiger partial charge in [0.25, 0.3) is 0 Å². The van der Waals surface area contributed by atoms with Crippen LogP contribution in [0.15, 0.2) is 39.3 Å². The van der Waals surface area contributed by atoms with Gasteiger partial charge in [-0.25, -0.2) is 22.8 Å². The fourth-order valence-corrected chi connectivity index (χ4v) is 5.99. The maximum absolute atomic E-state index is 14.8. The first-order valence-electron chi connectivity index (χ1n) is 11.8. The van der Waals surface area contributed by atoms with Crippen molar-refractivity contribution in [1.29, 1.82) is 0 Å². The molecule has 0 spiro atoms. The van der Waals surface area contributed by atoms with E-state index in [2.05, 4.69) is 25.0 Å². The molecule has 1 saturated heterocycles. The molecular weight excluding hydrogens is 505 g/mol. The van der Waals surface area contributed by atoms with Gasteiger partial charge in [-0.3, -0.25) is 0 Å². The highest BCUT2D eigenvalue weighted by Crippen LogP contribution is 2.39. The summed E-state index contributed by atoms with van der Waals surface area (Å²) >= 11 is 1.37. The van der Waals surface area contributed by atoms with E-state index >= 15 is 0 Å². The van der Waals surface area contributed by atoms with Gasteiger partial charge in [-0.15, -0.1) is 11.3 Å². The highest BCUT2D eigenvalue weighted by Gasteiger charge is 2.28. The van der Waals surface area contributed by atoms with Crippen molar-refractivity contribution in [3.8, 4) is 17.0 Å². The van der Waals surface area contributed by atoms with E-state index in [9.17, 15) is 12.8 Å². The van der Waals surface area contributed by atoms with Crippen LogP contribution in [0.25, 0.3) is 21.3 Å². The summed E-state index contributed by atoms with van der Waals surface area (Å²) < 4.78 is 50.8. The van der Waals surface area contributed by atoms with Gasteiger partial charge in [0.05, 0.1) is 10.4 Å². The van der Waals surface area contributed by atoms with Gasteiger partial charge in [0, 0.05) is 55.1 Å². The lowest BCUT2D eigenvalue weighted by Gasteiger charge is -2.30. The zero-order valence-electron chi connectivity index (χ0n) is 19.6. The molecule has 4 aromatic rings. The summed E-state index contributed by atoms with van der Waals surface area (Å²) in [5.41, 5.74) is 1.43. The van der Waals surface area contributed by atoms with E-state index in [0.29, 0.717) is 28.9 Å². The van der Waals surface area contributed by atoms with Gasteiger partial charge >= 0.3 is 6.01 Å². The molecule has 6 rings (SSSR count). The molecule has 0 N–H and O–H groups in total. The molecule has 0 atom stereocenters. The van der Waals surface area contributed by atoms with E-state index in [4.69, 9.17) is 9.26 Å². The van der Waals surface area contributed by atoms with E-state index in [-0.39, 0.29) is 16.6 Å². The quantitative estimate of drug-likeness (QED) is 0.346. The first-order chi connectivity index (χ1) is 17.3. The smallest absolute Gasteiger partial charge is 0.324 e. The molecule has 188 valence electrons. The van der Waals surface area contributed by atoms with E-state index in [0.717, 1.165) is 55.2 Å². The number of hydrogen-bond donors (Lipinski definition) is 0. The average molecular weight is 530 g/mol. The number of hydrogen-bond acceptors (Lipinski definition) is 10. The molecule has 4 heterocycles. The molecule has 36 heavy (non-hydrogen) atoms.